The molecule has 156 valence electrons. The molecule has 2 heterocycles. The topological polar surface area (TPSA) is 28.5 Å². The van der Waals surface area contributed by atoms with Crippen molar-refractivity contribution >= 4 is 11.4 Å². The largest absolute Gasteiger partial charge is 0.334 e. The van der Waals surface area contributed by atoms with E-state index < -0.39 is 0 Å². The lowest BCUT2D eigenvalue weighted by atomic mass is 9.98. The van der Waals surface area contributed by atoms with Crippen LogP contribution in [0.4, 0.5) is 11.4 Å². The number of hydrogen-bond donors (Lipinski definition) is 0. The maximum Gasteiger partial charge on any atom is 0.274 e. The SMILES string of the molecule is CC(C)Cn1cccc(N(c2ccc3c(c2)CN(CC2CC2)CC3)C(C)C)c1=O. The highest BCUT2D eigenvalue weighted by Crippen LogP contribution is 2.33. The second kappa shape index (κ2) is 8.35. The van der Waals surface area contributed by atoms with Crippen LogP contribution in [0.3, 0.4) is 0 Å². The minimum absolute atomic E-state index is 0.1000. The fourth-order valence-electron chi connectivity index (χ4n) is 4.53. The molecule has 0 amide bonds. The van der Waals surface area contributed by atoms with Crippen molar-refractivity contribution in [3.63, 3.8) is 0 Å². The molecule has 1 saturated carbocycles. The lowest BCUT2D eigenvalue weighted by Crippen LogP contribution is -2.35. The first-order chi connectivity index (χ1) is 13.9. The fourth-order valence-corrected chi connectivity index (χ4v) is 4.53. The van der Waals surface area contributed by atoms with Gasteiger partial charge in [0.15, 0.2) is 0 Å². The van der Waals surface area contributed by atoms with Gasteiger partial charge in [0, 0.05) is 44.1 Å². The Bertz CT molecular complexity index is 911. The number of hydrogen-bond acceptors (Lipinski definition) is 3. The Balaban J connectivity index is 1.65. The van der Waals surface area contributed by atoms with Crippen molar-refractivity contribution < 1.29 is 0 Å². The lowest BCUT2D eigenvalue weighted by molar-refractivity contribution is 0.244. The molecule has 1 fully saturated rings. The maximum atomic E-state index is 13.2. The van der Waals surface area contributed by atoms with E-state index in [9.17, 15) is 4.79 Å². The van der Waals surface area contributed by atoms with E-state index in [0.717, 1.165) is 36.8 Å². The van der Waals surface area contributed by atoms with Gasteiger partial charge < -0.3 is 9.47 Å². The van der Waals surface area contributed by atoms with Gasteiger partial charge in [-0.2, -0.15) is 0 Å². The number of pyridine rings is 1. The lowest BCUT2D eigenvalue weighted by Gasteiger charge is -2.32. The van der Waals surface area contributed by atoms with Crippen LogP contribution in [0.2, 0.25) is 0 Å². The zero-order valence-electron chi connectivity index (χ0n) is 18.4. The third-order valence-corrected chi connectivity index (χ3v) is 6.11. The van der Waals surface area contributed by atoms with Crippen molar-refractivity contribution in [2.75, 3.05) is 18.0 Å². The summed E-state index contributed by atoms with van der Waals surface area (Å²) in [6, 6.07) is 11.0. The minimum Gasteiger partial charge on any atom is -0.334 e. The summed E-state index contributed by atoms with van der Waals surface area (Å²) >= 11 is 0. The number of nitrogens with zero attached hydrogens (tertiary/aromatic N) is 3. The van der Waals surface area contributed by atoms with Crippen LogP contribution < -0.4 is 10.5 Å². The molecule has 4 nitrogen and oxygen atoms in total. The number of fused-ring (bicyclic) bond motifs is 1. The van der Waals surface area contributed by atoms with E-state index >= 15 is 0 Å². The Hall–Kier alpha value is -2.07. The minimum atomic E-state index is 0.1000. The molecule has 0 atom stereocenters. The maximum absolute atomic E-state index is 13.2. The average Bonchev–Trinajstić information content (AvgIpc) is 3.48. The van der Waals surface area contributed by atoms with E-state index in [-0.39, 0.29) is 11.6 Å². The predicted octanol–water partition coefficient (Wildman–Crippen LogP) is 4.82. The molecule has 0 bridgehead atoms. The summed E-state index contributed by atoms with van der Waals surface area (Å²) in [5, 5.41) is 0. The highest BCUT2D eigenvalue weighted by atomic mass is 16.1. The quantitative estimate of drug-likeness (QED) is 0.675. The third kappa shape index (κ3) is 4.58. The van der Waals surface area contributed by atoms with Crippen LogP contribution in [-0.4, -0.2) is 28.6 Å². The van der Waals surface area contributed by atoms with E-state index in [1.165, 1.54) is 37.1 Å². The standard InChI is InChI=1S/C25H35N3O/c1-18(2)15-27-12-5-6-24(25(27)29)28(19(3)4)23-10-9-21-11-13-26(16-20-7-8-20)17-22(21)14-23/h5-6,9-10,12,14,18-20H,7-8,11,13,15-17H2,1-4H3. The van der Waals surface area contributed by atoms with Gasteiger partial charge in [-0.05, 0) is 80.3 Å². The summed E-state index contributed by atoms with van der Waals surface area (Å²) in [5.41, 5.74) is 4.90. The molecule has 4 heteroatoms. The first-order valence-corrected chi connectivity index (χ1v) is 11.2. The molecule has 0 unspecified atom stereocenters. The Morgan fingerprint density at radius 3 is 2.59 bits per heavy atom. The number of aromatic nitrogens is 1. The second-order valence-corrected chi connectivity index (χ2v) is 9.59. The van der Waals surface area contributed by atoms with Gasteiger partial charge >= 0.3 is 0 Å². The van der Waals surface area contributed by atoms with E-state index in [1.54, 1.807) is 0 Å². The first-order valence-electron chi connectivity index (χ1n) is 11.2. The molecular weight excluding hydrogens is 358 g/mol. The molecule has 0 saturated heterocycles. The molecule has 1 aromatic heterocycles. The summed E-state index contributed by atoms with van der Waals surface area (Å²) in [6.07, 6.45) is 5.85. The number of anilines is 2. The van der Waals surface area contributed by atoms with Crippen LogP contribution in [0.5, 0.6) is 0 Å². The molecule has 29 heavy (non-hydrogen) atoms. The van der Waals surface area contributed by atoms with Crippen molar-refractivity contribution in [2.45, 2.75) is 66.1 Å². The van der Waals surface area contributed by atoms with Gasteiger partial charge in [-0.25, -0.2) is 0 Å². The number of rotatable bonds is 7. The second-order valence-electron chi connectivity index (χ2n) is 9.59. The summed E-state index contributed by atoms with van der Waals surface area (Å²) < 4.78 is 1.85. The first kappa shape index (κ1) is 20.2. The molecule has 1 aliphatic carbocycles. The van der Waals surface area contributed by atoms with E-state index in [4.69, 9.17) is 0 Å². The van der Waals surface area contributed by atoms with Gasteiger partial charge in [0.1, 0.15) is 5.69 Å². The van der Waals surface area contributed by atoms with Crippen LogP contribution in [0.1, 0.15) is 51.7 Å². The number of benzene rings is 1. The Kier molecular flexibility index (Phi) is 5.82. The molecule has 0 N–H and O–H groups in total. The molecule has 1 aromatic carbocycles. The van der Waals surface area contributed by atoms with Crippen LogP contribution >= 0.6 is 0 Å². The van der Waals surface area contributed by atoms with E-state index in [2.05, 4.69) is 55.7 Å². The van der Waals surface area contributed by atoms with Crippen molar-refractivity contribution in [3.8, 4) is 0 Å². The molecule has 4 rings (SSSR count). The summed E-state index contributed by atoms with van der Waals surface area (Å²) in [5.74, 6) is 1.37. The zero-order valence-corrected chi connectivity index (χ0v) is 18.4. The van der Waals surface area contributed by atoms with E-state index in [1.807, 2.05) is 22.9 Å². The molecule has 2 aromatic rings. The Labute approximate surface area is 175 Å². The van der Waals surface area contributed by atoms with Gasteiger partial charge in [0.25, 0.3) is 5.56 Å². The summed E-state index contributed by atoms with van der Waals surface area (Å²) in [7, 11) is 0. The highest BCUT2D eigenvalue weighted by Gasteiger charge is 2.27. The Morgan fingerprint density at radius 1 is 1.10 bits per heavy atom. The van der Waals surface area contributed by atoms with Crippen molar-refractivity contribution in [2.24, 2.45) is 11.8 Å². The molecule has 0 radical (unpaired) electrons. The summed E-state index contributed by atoms with van der Waals surface area (Å²) in [6.45, 7) is 12.8. The van der Waals surface area contributed by atoms with Crippen LogP contribution in [0, 0.1) is 11.8 Å². The third-order valence-electron chi connectivity index (χ3n) is 6.11. The van der Waals surface area contributed by atoms with Crippen molar-refractivity contribution in [3.05, 3.63) is 58.0 Å². The Morgan fingerprint density at radius 2 is 1.90 bits per heavy atom. The van der Waals surface area contributed by atoms with Crippen LogP contribution in [0.25, 0.3) is 0 Å². The van der Waals surface area contributed by atoms with Crippen LogP contribution in [0.15, 0.2) is 41.3 Å². The van der Waals surface area contributed by atoms with Crippen molar-refractivity contribution in [1.82, 2.24) is 9.47 Å². The van der Waals surface area contributed by atoms with Gasteiger partial charge in [0.2, 0.25) is 0 Å². The van der Waals surface area contributed by atoms with Gasteiger partial charge in [-0.15, -0.1) is 0 Å². The monoisotopic (exact) mass is 393 g/mol. The van der Waals surface area contributed by atoms with Gasteiger partial charge in [-0.3, -0.25) is 9.69 Å². The molecular formula is C25H35N3O. The van der Waals surface area contributed by atoms with Crippen LogP contribution in [-0.2, 0) is 19.5 Å². The average molecular weight is 394 g/mol. The molecule has 2 aliphatic rings. The molecule has 1 aliphatic heterocycles. The molecule has 0 spiro atoms. The normalized spacial score (nSPS) is 17.0. The van der Waals surface area contributed by atoms with E-state index in [0.29, 0.717) is 5.92 Å². The fraction of sp³-hybridized carbons (Fsp3) is 0.560. The van der Waals surface area contributed by atoms with Crippen molar-refractivity contribution in [1.29, 1.82) is 0 Å². The zero-order chi connectivity index (χ0) is 20.5. The van der Waals surface area contributed by atoms with Gasteiger partial charge in [0.05, 0.1) is 0 Å². The highest BCUT2D eigenvalue weighted by molar-refractivity contribution is 5.64. The smallest absolute Gasteiger partial charge is 0.274 e. The predicted molar refractivity (Wildman–Crippen MR) is 121 cm³/mol. The summed E-state index contributed by atoms with van der Waals surface area (Å²) in [4.78, 5) is 18.0. The van der Waals surface area contributed by atoms with Gasteiger partial charge in [-0.1, -0.05) is 19.9 Å².